The molecule has 0 saturated heterocycles. The molecule has 2 nitrogen and oxygen atoms in total. The van der Waals surface area contributed by atoms with Gasteiger partial charge in [0.05, 0.1) is 12.1 Å². The average Bonchev–Trinajstić information content (AvgIpc) is 2.91. The lowest BCUT2D eigenvalue weighted by atomic mass is 10.0. The van der Waals surface area contributed by atoms with Crippen LogP contribution in [0.3, 0.4) is 0 Å². The van der Waals surface area contributed by atoms with Crippen molar-refractivity contribution in [2.45, 2.75) is 45.2 Å². The topological polar surface area (TPSA) is 24.1 Å². The van der Waals surface area contributed by atoms with Crippen molar-refractivity contribution in [3.05, 3.63) is 156 Å². The number of aryl methyl sites for hydroxylation is 2. The first-order chi connectivity index (χ1) is 18.0. The van der Waals surface area contributed by atoms with Crippen LogP contribution in [0, 0.1) is 13.8 Å². The van der Waals surface area contributed by atoms with Gasteiger partial charge in [-0.05, 0) is 79.6 Å². The van der Waals surface area contributed by atoms with Crippen LogP contribution in [0.15, 0.2) is 122 Å². The molecular weight excluding hydrogens is 448 g/mol. The maximum Gasteiger partial charge on any atom is 0.0548 e. The third kappa shape index (κ3) is 7.47. The van der Waals surface area contributed by atoms with Crippen LogP contribution in [0.4, 0.5) is 11.4 Å². The summed E-state index contributed by atoms with van der Waals surface area (Å²) in [4.78, 5) is 0. The molecule has 188 valence electrons. The van der Waals surface area contributed by atoms with Gasteiger partial charge >= 0.3 is 0 Å². The molecule has 2 atom stereocenters. The van der Waals surface area contributed by atoms with Crippen molar-refractivity contribution in [2.75, 3.05) is 10.6 Å². The monoisotopic (exact) mass is 486 g/mol. The Morgan fingerprint density at radius 2 is 0.892 bits per heavy atom. The molecule has 0 aliphatic rings. The van der Waals surface area contributed by atoms with Gasteiger partial charge in [0.15, 0.2) is 0 Å². The van der Waals surface area contributed by atoms with E-state index in [1.807, 2.05) is 12.2 Å². The van der Waals surface area contributed by atoms with E-state index in [0.29, 0.717) is 0 Å². The number of nitrogens with one attached hydrogen (secondary N) is 2. The molecule has 0 radical (unpaired) electrons. The molecule has 0 bridgehead atoms. The molecule has 0 unspecified atom stereocenters. The minimum Gasteiger partial charge on any atom is -0.378 e. The van der Waals surface area contributed by atoms with Gasteiger partial charge in [0.1, 0.15) is 0 Å². The number of benzene rings is 4. The van der Waals surface area contributed by atoms with E-state index in [4.69, 9.17) is 0 Å². The predicted octanol–water partition coefficient (Wildman–Crippen LogP) is 9.35. The van der Waals surface area contributed by atoms with E-state index in [-0.39, 0.29) is 12.1 Å². The summed E-state index contributed by atoms with van der Waals surface area (Å²) in [5.41, 5.74) is 9.95. The first-order valence-corrected chi connectivity index (χ1v) is 13.1. The Bertz CT molecular complexity index is 1160. The summed E-state index contributed by atoms with van der Waals surface area (Å²) in [5.74, 6) is 0. The molecule has 0 amide bonds. The summed E-state index contributed by atoms with van der Waals surface area (Å²) >= 11 is 0. The highest BCUT2D eigenvalue weighted by Gasteiger charge is 2.11. The lowest BCUT2D eigenvalue weighted by molar-refractivity contribution is 0.798. The molecule has 0 aromatic heterocycles. The molecule has 0 aliphatic heterocycles. The van der Waals surface area contributed by atoms with Gasteiger partial charge in [-0.25, -0.2) is 0 Å². The first kappa shape index (κ1) is 26.0. The minimum absolute atomic E-state index is 0.216. The van der Waals surface area contributed by atoms with Gasteiger partial charge < -0.3 is 10.6 Å². The third-order valence-corrected chi connectivity index (χ3v) is 6.76. The van der Waals surface area contributed by atoms with Crippen LogP contribution in [0.5, 0.6) is 0 Å². The lowest BCUT2D eigenvalue weighted by Crippen LogP contribution is -2.10. The second kappa shape index (κ2) is 12.8. The van der Waals surface area contributed by atoms with E-state index < -0.39 is 0 Å². The normalized spacial score (nSPS) is 12.4. The van der Waals surface area contributed by atoms with E-state index in [2.05, 4.69) is 135 Å². The molecule has 2 heteroatoms. The van der Waals surface area contributed by atoms with Crippen LogP contribution in [0.2, 0.25) is 0 Å². The van der Waals surface area contributed by atoms with Crippen molar-refractivity contribution in [3.8, 4) is 0 Å². The van der Waals surface area contributed by atoms with Crippen molar-refractivity contribution in [3.63, 3.8) is 0 Å². The van der Waals surface area contributed by atoms with E-state index >= 15 is 0 Å². The summed E-state index contributed by atoms with van der Waals surface area (Å²) in [6.45, 7) is 12.1. The van der Waals surface area contributed by atoms with E-state index in [1.54, 1.807) is 0 Å². The Hall–Kier alpha value is -4.04. The van der Waals surface area contributed by atoms with Crippen LogP contribution in [0.1, 0.15) is 58.3 Å². The molecule has 37 heavy (non-hydrogen) atoms. The quantitative estimate of drug-likeness (QED) is 0.195. The highest BCUT2D eigenvalue weighted by molar-refractivity contribution is 5.50. The van der Waals surface area contributed by atoms with E-state index in [0.717, 1.165) is 30.6 Å². The summed E-state index contributed by atoms with van der Waals surface area (Å²) in [5, 5.41) is 7.35. The smallest absolute Gasteiger partial charge is 0.0548 e. The van der Waals surface area contributed by atoms with Crippen LogP contribution in [-0.4, -0.2) is 0 Å². The van der Waals surface area contributed by atoms with Gasteiger partial charge in [-0.15, -0.1) is 13.2 Å². The van der Waals surface area contributed by atoms with Crippen LogP contribution >= 0.6 is 0 Å². The largest absolute Gasteiger partial charge is 0.378 e. The molecule has 0 spiro atoms. The Morgan fingerprint density at radius 3 is 1.22 bits per heavy atom. The molecule has 4 rings (SSSR count). The zero-order chi connectivity index (χ0) is 26.0. The zero-order valence-corrected chi connectivity index (χ0v) is 22.1. The molecule has 0 fully saturated rings. The fourth-order valence-corrected chi connectivity index (χ4v) is 4.56. The molecule has 4 aromatic rings. The van der Waals surface area contributed by atoms with Crippen LogP contribution in [-0.2, 0) is 6.42 Å². The highest BCUT2D eigenvalue weighted by atomic mass is 14.9. The summed E-state index contributed by atoms with van der Waals surface area (Å²) in [7, 11) is 0. The highest BCUT2D eigenvalue weighted by Crippen LogP contribution is 2.26. The van der Waals surface area contributed by atoms with Gasteiger partial charge in [-0.3, -0.25) is 0 Å². The standard InChI is InChI=1S/C35H38N2/c1-5-7-34(30-17-9-26(3)10-18-30)36-32-21-13-28(14-22-32)25-29-15-23-33(24-16-29)37-35(8-6-2)31-19-11-27(4)12-20-31/h5-6,9-24,34-37H,1-2,7-8,25H2,3-4H3/t34-,35-/m0/s1. The fraction of sp³-hybridized carbons (Fsp3) is 0.200. The number of hydrogen-bond acceptors (Lipinski definition) is 2. The van der Waals surface area contributed by atoms with Gasteiger partial charge in [0.25, 0.3) is 0 Å². The summed E-state index contributed by atoms with van der Waals surface area (Å²) < 4.78 is 0. The fourth-order valence-electron chi connectivity index (χ4n) is 4.56. The van der Waals surface area contributed by atoms with Crippen molar-refractivity contribution < 1.29 is 0 Å². The van der Waals surface area contributed by atoms with Gasteiger partial charge in [0, 0.05) is 11.4 Å². The minimum atomic E-state index is 0.216. The number of rotatable bonds is 12. The maximum atomic E-state index is 3.95. The number of hydrogen-bond donors (Lipinski definition) is 2. The van der Waals surface area contributed by atoms with Crippen molar-refractivity contribution >= 4 is 11.4 Å². The first-order valence-electron chi connectivity index (χ1n) is 13.1. The number of anilines is 2. The Kier molecular flexibility index (Phi) is 8.99. The summed E-state index contributed by atoms with van der Waals surface area (Å²) in [6.07, 6.45) is 6.61. The lowest BCUT2D eigenvalue weighted by Gasteiger charge is -2.20. The second-order valence-corrected chi connectivity index (χ2v) is 9.83. The van der Waals surface area contributed by atoms with Crippen molar-refractivity contribution in [2.24, 2.45) is 0 Å². The van der Waals surface area contributed by atoms with Gasteiger partial charge in [-0.1, -0.05) is 96.1 Å². The third-order valence-electron chi connectivity index (χ3n) is 6.76. The van der Waals surface area contributed by atoms with Gasteiger partial charge in [0.2, 0.25) is 0 Å². The Balaban J connectivity index is 1.37. The Labute approximate surface area is 222 Å². The van der Waals surface area contributed by atoms with Crippen molar-refractivity contribution in [1.82, 2.24) is 0 Å². The SMILES string of the molecule is C=CC[C@H](Nc1ccc(Cc2ccc(N[C@@H](CC=C)c3ccc(C)cc3)cc2)cc1)c1ccc(C)cc1. The molecule has 2 N–H and O–H groups in total. The molecule has 0 aliphatic carbocycles. The van der Waals surface area contributed by atoms with Crippen LogP contribution < -0.4 is 10.6 Å². The second-order valence-electron chi connectivity index (χ2n) is 9.83. The molecule has 0 saturated carbocycles. The molecule has 4 aromatic carbocycles. The van der Waals surface area contributed by atoms with Gasteiger partial charge in [-0.2, -0.15) is 0 Å². The van der Waals surface area contributed by atoms with Crippen LogP contribution in [0.25, 0.3) is 0 Å². The maximum absolute atomic E-state index is 3.95. The van der Waals surface area contributed by atoms with E-state index in [9.17, 15) is 0 Å². The predicted molar refractivity (Wildman–Crippen MR) is 160 cm³/mol. The van der Waals surface area contributed by atoms with Crippen molar-refractivity contribution in [1.29, 1.82) is 0 Å². The average molecular weight is 487 g/mol. The van der Waals surface area contributed by atoms with E-state index in [1.165, 1.54) is 33.4 Å². The summed E-state index contributed by atoms with van der Waals surface area (Å²) in [6, 6.07) is 35.5. The molecular formula is C35H38N2. The molecule has 0 heterocycles. The Morgan fingerprint density at radius 1 is 0.541 bits per heavy atom. The zero-order valence-electron chi connectivity index (χ0n) is 22.1.